The van der Waals surface area contributed by atoms with E-state index in [9.17, 15) is 24.3 Å². The first-order chi connectivity index (χ1) is 18.7. The van der Waals surface area contributed by atoms with Crippen LogP contribution in [0.2, 0.25) is 0 Å². The summed E-state index contributed by atoms with van der Waals surface area (Å²) in [5.74, 6) is -2.79. The summed E-state index contributed by atoms with van der Waals surface area (Å²) in [7, 11) is 2.80. The summed E-state index contributed by atoms with van der Waals surface area (Å²) in [4.78, 5) is 53.5. The average molecular weight is 553 g/mol. The Morgan fingerprint density at radius 1 is 0.875 bits per heavy atom. The van der Waals surface area contributed by atoms with Crippen LogP contribution in [0.5, 0.6) is 0 Å². The number of carboxylic acids is 1. The number of aliphatic carboxylic acids is 1. The van der Waals surface area contributed by atoms with Crippen LogP contribution in [0.3, 0.4) is 0 Å². The lowest BCUT2D eigenvalue weighted by Gasteiger charge is -2.34. The Labute approximate surface area is 236 Å². The second kappa shape index (κ2) is 12.5. The van der Waals surface area contributed by atoms with Crippen LogP contribution in [-0.2, 0) is 23.9 Å². The van der Waals surface area contributed by atoms with E-state index in [-0.39, 0.29) is 24.9 Å². The first-order valence-electron chi connectivity index (χ1n) is 13.5. The third-order valence-corrected chi connectivity index (χ3v) is 6.95. The molecule has 0 aliphatic heterocycles. The van der Waals surface area contributed by atoms with Gasteiger partial charge in [0.25, 0.3) is 0 Å². The Morgan fingerprint density at radius 3 is 1.88 bits per heavy atom. The maximum Gasteiger partial charge on any atom is 0.410 e. The van der Waals surface area contributed by atoms with E-state index in [0.29, 0.717) is 0 Å². The van der Waals surface area contributed by atoms with Crippen molar-refractivity contribution in [3.63, 3.8) is 0 Å². The first kappa shape index (κ1) is 30.7. The van der Waals surface area contributed by atoms with Crippen molar-refractivity contribution in [2.75, 3.05) is 20.7 Å². The highest BCUT2D eigenvalue weighted by molar-refractivity contribution is 5.91. The molecule has 0 saturated carbocycles. The molecule has 0 radical (unpaired) electrons. The second-order valence-corrected chi connectivity index (χ2v) is 11.7. The molecule has 0 heterocycles. The normalized spacial score (nSPS) is 14.1. The largest absolute Gasteiger partial charge is 0.480 e. The zero-order valence-corrected chi connectivity index (χ0v) is 24.3. The van der Waals surface area contributed by atoms with Gasteiger partial charge in [0.05, 0.1) is 6.42 Å². The molecule has 9 heteroatoms. The molecule has 216 valence electrons. The van der Waals surface area contributed by atoms with Crippen molar-refractivity contribution in [2.24, 2.45) is 5.92 Å². The van der Waals surface area contributed by atoms with Crippen LogP contribution in [0, 0.1) is 5.92 Å². The van der Waals surface area contributed by atoms with Crippen molar-refractivity contribution in [3.8, 4) is 11.1 Å². The van der Waals surface area contributed by atoms with Crippen molar-refractivity contribution < 1.29 is 33.8 Å². The summed E-state index contributed by atoms with van der Waals surface area (Å²) in [6, 6.07) is 13.6. The van der Waals surface area contributed by atoms with Crippen molar-refractivity contribution in [1.82, 2.24) is 9.80 Å². The molecule has 0 saturated heterocycles. The minimum absolute atomic E-state index is 0.0142. The van der Waals surface area contributed by atoms with Gasteiger partial charge < -0.3 is 19.5 Å². The molecule has 2 amide bonds. The summed E-state index contributed by atoms with van der Waals surface area (Å²) in [6.07, 6.45) is -0.922. The predicted molar refractivity (Wildman–Crippen MR) is 151 cm³/mol. The molecule has 1 N–H and O–H groups in total. The van der Waals surface area contributed by atoms with Gasteiger partial charge in [-0.05, 0) is 55.4 Å². The Hall–Kier alpha value is -3.88. The van der Waals surface area contributed by atoms with Crippen molar-refractivity contribution in [2.45, 2.75) is 71.1 Å². The van der Waals surface area contributed by atoms with Gasteiger partial charge in [-0.3, -0.25) is 14.5 Å². The van der Waals surface area contributed by atoms with E-state index in [0.717, 1.165) is 27.2 Å². The van der Waals surface area contributed by atoms with E-state index in [1.54, 1.807) is 20.8 Å². The number of hydrogen-bond donors (Lipinski definition) is 1. The molecular formula is C31H40N2O7. The van der Waals surface area contributed by atoms with Crippen LogP contribution in [0.15, 0.2) is 48.5 Å². The first-order valence-corrected chi connectivity index (χ1v) is 13.5. The lowest BCUT2D eigenvalue weighted by atomic mass is 9.98. The molecule has 2 aromatic carbocycles. The number of rotatable bonds is 10. The fourth-order valence-corrected chi connectivity index (χ4v) is 5.01. The summed E-state index contributed by atoms with van der Waals surface area (Å²) >= 11 is 0. The number of carboxylic acid groups (broad SMARTS) is 1. The molecule has 1 aliphatic carbocycles. The fourth-order valence-electron chi connectivity index (χ4n) is 5.01. The number of nitrogens with zero attached hydrogens (tertiary/aromatic N) is 2. The maximum atomic E-state index is 13.6. The second-order valence-electron chi connectivity index (χ2n) is 11.7. The van der Waals surface area contributed by atoms with Crippen LogP contribution < -0.4 is 0 Å². The highest BCUT2D eigenvalue weighted by Crippen LogP contribution is 2.44. The summed E-state index contributed by atoms with van der Waals surface area (Å²) in [5, 5.41) is 9.81. The molecule has 2 atom stereocenters. The third-order valence-electron chi connectivity index (χ3n) is 6.95. The minimum Gasteiger partial charge on any atom is -0.480 e. The van der Waals surface area contributed by atoms with Gasteiger partial charge in [-0.25, -0.2) is 9.59 Å². The summed E-state index contributed by atoms with van der Waals surface area (Å²) in [6.45, 7) is 8.93. The van der Waals surface area contributed by atoms with Gasteiger partial charge in [0.1, 0.15) is 24.3 Å². The van der Waals surface area contributed by atoms with Gasteiger partial charge in [-0.15, -0.1) is 0 Å². The number of esters is 1. The van der Waals surface area contributed by atoms with E-state index in [1.807, 2.05) is 62.4 Å². The van der Waals surface area contributed by atoms with E-state index >= 15 is 0 Å². The van der Waals surface area contributed by atoms with Gasteiger partial charge in [-0.1, -0.05) is 62.4 Å². The van der Waals surface area contributed by atoms with Crippen LogP contribution in [0.4, 0.5) is 4.79 Å². The molecule has 40 heavy (non-hydrogen) atoms. The van der Waals surface area contributed by atoms with Crippen LogP contribution in [-0.4, -0.2) is 77.2 Å². The third kappa shape index (κ3) is 7.20. The van der Waals surface area contributed by atoms with E-state index in [4.69, 9.17) is 9.47 Å². The Bertz CT molecular complexity index is 1200. The van der Waals surface area contributed by atoms with Crippen molar-refractivity contribution in [1.29, 1.82) is 0 Å². The Kier molecular flexibility index (Phi) is 9.60. The molecule has 2 aromatic rings. The molecular weight excluding hydrogens is 512 g/mol. The number of ether oxygens (including phenoxy) is 2. The number of carbonyl (C=O) groups excluding carboxylic acids is 3. The van der Waals surface area contributed by atoms with Gasteiger partial charge in [0.2, 0.25) is 5.91 Å². The topological polar surface area (TPSA) is 113 Å². The molecule has 3 rings (SSSR count). The minimum atomic E-state index is -1.45. The molecule has 0 bridgehead atoms. The number of fused-ring (bicyclic) bond motifs is 3. The zero-order valence-electron chi connectivity index (χ0n) is 24.3. The monoisotopic (exact) mass is 552 g/mol. The number of benzene rings is 2. The number of likely N-dealkylation sites (N-methyl/N-ethyl adjacent to an activating group) is 2. The van der Waals surface area contributed by atoms with E-state index < -0.39 is 48.0 Å². The smallest absolute Gasteiger partial charge is 0.410 e. The summed E-state index contributed by atoms with van der Waals surface area (Å²) < 4.78 is 11.0. The predicted octanol–water partition coefficient (Wildman–Crippen LogP) is 4.93. The number of hydrogen-bond acceptors (Lipinski definition) is 6. The highest BCUT2D eigenvalue weighted by Gasteiger charge is 2.38. The molecule has 0 aromatic heterocycles. The molecule has 0 unspecified atom stereocenters. The van der Waals surface area contributed by atoms with Crippen molar-refractivity contribution in [3.05, 3.63) is 59.7 Å². The van der Waals surface area contributed by atoms with E-state index in [2.05, 4.69) is 0 Å². The molecule has 9 nitrogen and oxygen atoms in total. The maximum absolute atomic E-state index is 13.6. The Balaban J connectivity index is 1.75. The van der Waals surface area contributed by atoms with Gasteiger partial charge >= 0.3 is 18.0 Å². The quantitative estimate of drug-likeness (QED) is 0.416. The average Bonchev–Trinajstić information content (AvgIpc) is 3.20. The lowest BCUT2D eigenvalue weighted by Crippen LogP contribution is -2.54. The number of amides is 2. The molecule has 0 fully saturated rings. The van der Waals surface area contributed by atoms with Crippen LogP contribution in [0.1, 0.15) is 64.5 Å². The van der Waals surface area contributed by atoms with Crippen LogP contribution in [0.25, 0.3) is 11.1 Å². The zero-order chi connectivity index (χ0) is 29.8. The number of carbonyl (C=O) groups is 4. The molecule has 1 aliphatic rings. The highest BCUT2D eigenvalue weighted by atomic mass is 16.6. The Morgan fingerprint density at radius 2 is 1.40 bits per heavy atom. The summed E-state index contributed by atoms with van der Waals surface area (Å²) in [5.41, 5.74) is 3.55. The van der Waals surface area contributed by atoms with E-state index in [1.165, 1.54) is 19.0 Å². The fraction of sp³-hybridized carbons (Fsp3) is 0.484. The standard InChI is InChI=1S/C31H40N2O7/c1-19(2)16-25(28(35)32(6)26(29(36)37)17-27(34)40-31(3,4)5)33(7)30(38)39-18-24-22-14-10-8-12-20(22)21-13-9-11-15-23(21)24/h8-15,19,24-26H,16-18H2,1-7H3,(H,36,37)/t25-,26-/m0/s1. The van der Waals surface area contributed by atoms with Gasteiger partial charge in [0.15, 0.2) is 0 Å². The van der Waals surface area contributed by atoms with Gasteiger partial charge in [0, 0.05) is 20.0 Å². The lowest BCUT2D eigenvalue weighted by molar-refractivity contribution is -0.162. The van der Waals surface area contributed by atoms with Crippen molar-refractivity contribution >= 4 is 23.9 Å². The molecule has 0 spiro atoms. The SMILES string of the molecule is CC(C)C[C@@H](C(=O)N(C)[C@@H](CC(=O)OC(C)(C)C)C(=O)O)N(C)C(=O)OCC1c2ccccc2-c2ccccc21. The van der Waals surface area contributed by atoms with Crippen LogP contribution >= 0.6 is 0 Å². The van der Waals surface area contributed by atoms with Gasteiger partial charge in [-0.2, -0.15) is 0 Å².